The fourth-order valence-corrected chi connectivity index (χ4v) is 1.64. The molecule has 0 aliphatic heterocycles. The highest BCUT2D eigenvalue weighted by atomic mass is 16.5. The van der Waals surface area contributed by atoms with Gasteiger partial charge in [-0.25, -0.2) is 4.79 Å². The van der Waals surface area contributed by atoms with Crippen LogP contribution in [-0.4, -0.2) is 18.4 Å². The van der Waals surface area contributed by atoms with Crippen molar-refractivity contribution in [3.05, 3.63) is 54.0 Å². The third-order valence-corrected chi connectivity index (χ3v) is 2.68. The smallest absolute Gasteiger partial charge is 0.330 e. The summed E-state index contributed by atoms with van der Waals surface area (Å²) >= 11 is 0. The number of carbonyl (C=O) groups is 2. The van der Waals surface area contributed by atoms with Gasteiger partial charge in [0.2, 0.25) is 0 Å². The summed E-state index contributed by atoms with van der Waals surface area (Å²) in [5, 5.41) is 2.43. The first-order valence-electron chi connectivity index (χ1n) is 6.30. The maximum absolute atomic E-state index is 11.6. The predicted molar refractivity (Wildman–Crippen MR) is 72.5 cm³/mol. The van der Waals surface area contributed by atoms with Crippen molar-refractivity contribution in [1.82, 2.24) is 5.32 Å². The van der Waals surface area contributed by atoms with E-state index >= 15 is 0 Å². The van der Waals surface area contributed by atoms with Crippen molar-refractivity contribution in [2.24, 2.45) is 0 Å². The number of furan rings is 1. The Hall–Kier alpha value is -2.56. The summed E-state index contributed by atoms with van der Waals surface area (Å²) in [5.74, 6) is -0.347. The first-order chi connectivity index (χ1) is 9.69. The van der Waals surface area contributed by atoms with Crippen LogP contribution in [0.3, 0.4) is 0 Å². The van der Waals surface area contributed by atoms with Gasteiger partial charge in [-0.05, 0) is 36.2 Å². The van der Waals surface area contributed by atoms with E-state index in [-0.39, 0.29) is 12.3 Å². The summed E-state index contributed by atoms with van der Waals surface area (Å²) < 4.78 is 10.1. The summed E-state index contributed by atoms with van der Waals surface area (Å²) in [5.41, 5.74) is 1.08. The van der Waals surface area contributed by atoms with Crippen molar-refractivity contribution in [1.29, 1.82) is 0 Å². The van der Waals surface area contributed by atoms with Gasteiger partial charge in [-0.15, -0.1) is 0 Å². The maximum Gasteiger partial charge on any atom is 0.330 e. The molecule has 1 aromatic carbocycles. The van der Waals surface area contributed by atoms with Gasteiger partial charge in [-0.2, -0.15) is 0 Å². The monoisotopic (exact) mass is 273 g/mol. The minimum Gasteiger partial charge on any atom is -0.459 e. The van der Waals surface area contributed by atoms with Gasteiger partial charge in [0.1, 0.15) is 12.3 Å². The molecule has 0 saturated carbocycles. The second-order valence-corrected chi connectivity index (χ2v) is 4.14. The number of nitrogens with one attached hydrogen (secondary N) is 1. The molecule has 5 nitrogen and oxygen atoms in total. The lowest BCUT2D eigenvalue weighted by atomic mass is 10.2. The molecule has 104 valence electrons. The molecule has 5 heteroatoms. The van der Waals surface area contributed by atoms with Crippen LogP contribution in [0.1, 0.15) is 23.0 Å². The Balaban J connectivity index is 1.85. The number of ether oxygens (including phenoxy) is 1. The molecule has 0 atom stereocenters. The average Bonchev–Trinajstić information content (AvgIpc) is 2.99. The van der Waals surface area contributed by atoms with Gasteiger partial charge in [0.25, 0.3) is 5.91 Å². The topological polar surface area (TPSA) is 68.5 Å². The van der Waals surface area contributed by atoms with E-state index in [0.717, 1.165) is 12.0 Å². The number of hydrogen-bond donors (Lipinski definition) is 1. The van der Waals surface area contributed by atoms with E-state index in [0.29, 0.717) is 5.75 Å². The summed E-state index contributed by atoms with van der Waals surface area (Å²) in [4.78, 5) is 23.2. The minimum absolute atomic E-state index is 0.158. The van der Waals surface area contributed by atoms with Crippen molar-refractivity contribution < 1.29 is 18.7 Å². The normalized spacial score (nSPS) is 10.1. The van der Waals surface area contributed by atoms with Crippen molar-refractivity contribution in [3.8, 4) is 5.75 Å². The fourth-order valence-electron chi connectivity index (χ4n) is 1.64. The molecule has 1 aromatic heterocycles. The van der Waals surface area contributed by atoms with Gasteiger partial charge >= 0.3 is 5.97 Å². The van der Waals surface area contributed by atoms with E-state index in [1.54, 1.807) is 18.2 Å². The van der Waals surface area contributed by atoms with Crippen LogP contribution >= 0.6 is 0 Å². The average molecular weight is 273 g/mol. The molecule has 0 bridgehead atoms. The molecule has 0 spiro atoms. The molecular formula is C15H15NO4. The third-order valence-electron chi connectivity index (χ3n) is 2.68. The molecule has 0 radical (unpaired) electrons. The highest BCUT2D eigenvalue weighted by molar-refractivity contribution is 5.93. The van der Waals surface area contributed by atoms with Crippen LogP contribution in [-0.2, 0) is 11.2 Å². The van der Waals surface area contributed by atoms with Crippen LogP contribution in [0.2, 0.25) is 0 Å². The standard InChI is InChI=1S/C15H15NO4/c1-2-11-5-3-6-12(9-11)20-14(17)10-16-15(18)13-7-4-8-19-13/h3-9H,2,10H2,1H3,(H,16,18). The van der Waals surface area contributed by atoms with Crippen LogP contribution in [0.25, 0.3) is 0 Å². The Labute approximate surface area is 116 Å². The third kappa shape index (κ3) is 3.71. The molecule has 0 unspecified atom stereocenters. The predicted octanol–water partition coefficient (Wildman–Crippen LogP) is 2.18. The molecule has 0 aliphatic rings. The molecule has 2 aromatic rings. The summed E-state index contributed by atoms with van der Waals surface area (Å²) in [6.07, 6.45) is 2.25. The molecule has 20 heavy (non-hydrogen) atoms. The zero-order chi connectivity index (χ0) is 14.4. The maximum atomic E-state index is 11.6. The Bertz CT molecular complexity index is 590. The van der Waals surface area contributed by atoms with Crippen molar-refractivity contribution >= 4 is 11.9 Å². The van der Waals surface area contributed by atoms with E-state index in [4.69, 9.17) is 9.15 Å². The van der Waals surface area contributed by atoms with Gasteiger partial charge in [-0.3, -0.25) is 4.79 Å². The first kappa shape index (κ1) is 13.9. The minimum atomic E-state index is -0.529. The lowest BCUT2D eigenvalue weighted by Gasteiger charge is -2.06. The van der Waals surface area contributed by atoms with Crippen LogP contribution in [0.15, 0.2) is 47.1 Å². The van der Waals surface area contributed by atoms with Crippen LogP contribution in [0.4, 0.5) is 0 Å². The lowest BCUT2D eigenvalue weighted by molar-refractivity contribution is -0.133. The second kappa shape index (κ2) is 6.56. The second-order valence-electron chi connectivity index (χ2n) is 4.14. The van der Waals surface area contributed by atoms with Gasteiger partial charge < -0.3 is 14.5 Å². The lowest BCUT2D eigenvalue weighted by Crippen LogP contribution is -2.31. The SMILES string of the molecule is CCc1cccc(OC(=O)CNC(=O)c2ccco2)c1. The molecule has 0 fully saturated rings. The molecule has 2 rings (SSSR count). The van der Waals surface area contributed by atoms with Gasteiger partial charge in [0.05, 0.1) is 6.26 Å². The molecule has 0 aliphatic carbocycles. The number of esters is 1. The Morgan fingerprint density at radius 1 is 1.25 bits per heavy atom. The van der Waals surface area contributed by atoms with E-state index < -0.39 is 11.9 Å². The number of amides is 1. The van der Waals surface area contributed by atoms with E-state index in [1.807, 2.05) is 19.1 Å². The number of carbonyl (C=O) groups excluding carboxylic acids is 2. The van der Waals surface area contributed by atoms with E-state index in [9.17, 15) is 9.59 Å². The van der Waals surface area contributed by atoms with Gasteiger partial charge in [0.15, 0.2) is 5.76 Å². The Morgan fingerprint density at radius 2 is 2.10 bits per heavy atom. The van der Waals surface area contributed by atoms with Gasteiger partial charge in [-0.1, -0.05) is 19.1 Å². The number of rotatable bonds is 5. The largest absolute Gasteiger partial charge is 0.459 e. The summed E-state index contributed by atoms with van der Waals surface area (Å²) in [6.45, 7) is 1.81. The van der Waals surface area contributed by atoms with Crippen LogP contribution < -0.4 is 10.1 Å². The van der Waals surface area contributed by atoms with Gasteiger partial charge in [0, 0.05) is 0 Å². The van der Waals surface area contributed by atoms with Crippen LogP contribution in [0.5, 0.6) is 5.75 Å². The van der Waals surface area contributed by atoms with Crippen LogP contribution in [0, 0.1) is 0 Å². The van der Waals surface area contributed by atoms with E-state index in [1.165, 1.54) is 12.3 Å². The first-order valence-corrected chi connectivity index (χ1v) is 6.30. The number of aryl methyl sites for hydroxylation is 1. The van der Waals surface area contributed by atoms with E-state index in [2.05, 4.69) is 5.32 Å². The zero-order valence-electron chi connectivity index (χ0n) is 11.1. The molecule has 1 heterocycles. The molecular weight excluding hydrogens is 258 g/mol. The zero-order valence-corrected chi connectivity index (χ0v) is 11.1. The number of hydrogen-bond acceptors (Lipinski definition) is 4. The quantitative estimate of drug-likeness (QED) is 0.669. The summed E-state index contributed by atoms with van der Waals surface area (Å²) in [7, 11) is 0. The van der Waals surface area contributed by atoms with Crippen molar-refractivity contribution in [2.45, 2.75) is 13.3 Å². The van der Waals surface area contributed by atoms with Crippen molar-refractivity contribution in [2.75, 3.05) is 6.54 Å². The van der Waals surface area contributed by atoms with Crippen molar-refractivity contribution in [3.63, 3.8) is 0 Å². The highest BCUT2D eigenvalue weighted by Gasteiger charge is 2.11. The molecule has 1 amide bonds. The fraction of sp³-hybridized carbons (Fsp3) is 0.200. The Morgan fingerprint density at radius 3 is 2.80 bits per heavy atom. The molecule has 1 N–H and O–H groups in total. The number of benzene rings is 1. The summed E-state index contributed by atoms with van der Waals surface area (Å²) in [6, 6.07) is 10.4. The highest BCUT2D eigenvalue weighted by Crippen LogP contribution is 2.13. The Kier molecular flexibility index (Phi) is 4.55. The molecule has 0 saturated heterocycles.